The molecule has 0 saturated carbocycles. The molecule has 1 rings (SSSR count). The normalized spacial score (nSPS) is 15.6. The third-order valence-electron chi connectivity index (χ3n) is 3.12. The van der Waals surface area contributed by atoms with Gasteiger partial charge in [-0.3, -0.25) is 0 Å². The molecule has 1 N–H and O–H groups in total. The van der Waals surface area contributed by atoms with Crippen LogP contribution in [0.1, 0.15) is 26.3 Å². The first kappa shape index (κ1) is 18.1. The van der Waals surface area contributed by atoms with Gasteiger partial charge < -0.3 is 19.3 Å². The topological polar surface area (TPSA) is 47.9 Å². The lowest BCUT2D eigenvalue weighted by molar-refractivity contribution is -0.0739. The summed E-state index contributed by atoms with van der Waals surface area (Å²) in [5, 5.41) is 8.87. The summed E-state index contributed by atoms with van der Waals surface area (Å²) in [6.45, 7) is 7.57. The molecule has 0 amide bonds. The maximum atomic E-state index is 8.87. The SMILES string of the molecule is CC(CO)OCC(C)OCC(C)OCCc1ccccc1. The van der Waals surface area contributed by atoms with Crippen LogP contribution in [0.3, 0.4) is 0 Å². The van der Waals surface area contributed by atoms with Gasteiger partial charge in [0, 0.05) is 0 Å². The van der Waals surface area contributed by atoms with Gasteiger partial charge in [-0.1, -0.05) is 30.3 Å². The van der Waals surface area contributed by atoms with Crippen LogP contribution >= 0.6 is 0 Å². The highest BCUT2D eigenvalue weighted by molar-refractivity contribution is 5.14. The number of hydrogen-bond acceptors (Lipinski definition) is 4. The molecule has 0 aliphatic carbocycles. The van der Waals surface area contributed by atoms with Crippen molar-refractivity contribution in [2.45, 2.75) is 45.5 Å². The number of hydrogen-bond donors (Lipinski definition) is 1. The van der Waals surface area contributed by atoms with Gasteiger partial charge in [-0.25, -0.2) is 0 Å². The molecule has 0 aliphatic rings. The Hall–Kier alpha value is -0.940. The first-order valence-corrected chi connectivity index (χ1v) is 7.61. The van der Waals surface area contributed by atoms with Gasteiger partial charge >= 0.3 is 0 Å². The van der Waals surface area contributed by atoms with Gasteiger partial charge in [0.1, 0.15) is 0 Å². The van der Waals surface area contributed by atoms with Gasteiger partial charge in [-0.05, 0) is 32.8 Å². The number of ether oxygens (including phenoxy) is 3. The quantitative estimate of drug-likeness (QED) is 0.681. The van der Waals surface area contributed by atoms with Crippen LogP contribution in [0.15, 0.2) is 30.3 Å². The van der Waals surface area contributed by atoms with Crippen LogP contribution in [-0.2, 0) is 20.6 Å². The fourth-order valence-electron chi connectivity index (χ4n) is 1.77. The number of aliphatic hydroxyl groups is 1. The molecule has 0 aromatic heterocycles. The summed E-state index contributed by atoms with van der Waals surface area (Å²) in [6, 6.07) is 10.3. The Balaban J connectivity index is 2.06. The average Bonchev–Trinajstić information content (AvgIpc) is 2.51. The molecule has 1 aromatic rings. The molecule has 0 radical (unpaired) electrons. The molecule has 3 atom stereocenters. The van der Waals surface area contributed by atoms with Crippen molar-refractivity contribution in [2.75, 3.05) is 26.4 Å². The number of aliphatic hydroxyl groups excluding tert-OH is 1. The van der Waals surface area contributed by atoms with Crippen molar-refractivity contribution in [2.24, 2.45) is 0 Å². The Morgan fingerprint density at radius 2 is 1.43 bits per heavy atom. The lowest BCUT2D eigenvalue weighted by atomic mass is 10.2. The second-order valence-corrected chi connectivity index (χ2v) is 5.39. The van der Waals surface area contributed by atoms with Gasteiger partial charge in [0.25, 0.3) is 0 Å². The third kappa shape index (κ3) is 8.83. The highest BCUT2D eigenvalue weighted by Gasteiger charge is 2.09. The first-order chi connectivity index (χ1) is 10.1. The van der Waals surface area contributed by atoms with Crippen molar-refractivity contribution in [1.29, 1.82) is 0 Å². The van der Waals surface area contributed by atoms with Crippen LogP contribution in [0.5, 0.6) is 0 Å². The zero-order valence-electron chi connectivity index (χ0n) is 13.3. The zero-order chi connectivity index (χ0) is 15.5. The Kier molecular flexibility index (Phi) is 9.26. The summed E-state index contributed by atoms with van der Waals surface area (Å²) in [7, 11) is 0. The van der Waals surface area contributed by atoms with E-state index in [2.05, 4.69) is 12.1 Å². The molecule has 0 heterocycles. The standard InChI is InChI=1S/C17H28O4/c1-14(11-18)20-13-16(3)21-12-15(2)19-10-9-17-7-5-4-6-8-17/h4-8,14-16,18H,9-13H2,1-3H3. The highest BCUT2D eigenvalue weighted by atomic mass is 16.6. The van der Waals surface area contributed by atoms with Gasteiger partial charge in [0.05, 0.1) is 44.7 Å². The fourth-order valence-corrected chi connectivity index (χ4v) is 1.77. The maximum absolute atomic E-state index is 8.87. The molecule has 0 spiro atoms. The van der Waals surface area contributed by atoms with E-state index in [9.17, 15) is 0 Å². The van der Waals surface area contributed by atoms with E-state index in [1.54, 1.807) is 0 Å². The monoisotopic (exact) mass is 296 g/mol. The van der Waals surface area contributed by atoms with E-state index < -0.39 is 0 Å². The van der Waals surface area contributed by atoms with E-state index in [4.69, 9.17) is 19.3 Å². The van der Waals surface area contributed by atoms with E-state index >= 15 is 0 Å². The molecular formula is C17H28O4. The van der Waals surface area contributed by atoms with Crippen molar-refractivity contribution in [3.05, 3.63) is 35.9 Å². The summed E-state index contributed by atoms with van der Waals surface area (Å²) < 4.78 is 16.8. The van der Waals surface area contributed by atoms with Crippen LogP contribution in [-0.4, -0.2) is 49.8 Å². The number of rotatable bonds is 11. The predicted octanol–water partition coefficient (Wildman–Crippen LogP) is 2.44. The second kappa shape index (κ2) is 10.7. The van der Waals surface area contributed by atoms with Gasteiger partial charge in [0.15, 0.2) is 0 Å². The van der Waals surface area contributed by atoms with Crippen molar-refractivity contribution < 1.29 is 19.3 Å². The summed E-state index contributed by atoms with van der Waals surface area (Å²) in [5.74, 6) is 0. The molecule has 3 unspecified atom stereocenters. The molecule has 120 valence electrons. The minimum Gasteiger partial charge on any atom is -0.394 e. The first-order valence-electron chi connectivity index (χ1n) is 7.61. The Bertz CT molecular complexity index is 355. The fraction of sp³-hybridized carbons (Fsp3) is 0.647. The second-order valence-electron chi connectivity index (χ2n) is 5.39. The van der Waals surface area contributed by atoms with Crippen molar-refractivity contribution >= 4 is 0 Å². The molecule has 1 aromatic carbocycles. The molecular weight excluding hydrogens is 268 g/mol. The molecule has 4 nitrogen and oxygen atoms in total. The van der Waals surface area contributed by atoms with Gasteiger partial charge in [0.2, 0.25) is 0 Å². The lowest BCUT2D eigenvalue weighted by Crippen LogP contribution is -2.26. The van der Waals surface area contributed by atoms with Crippen molar-refractivity contribution in [1.82, 2.24) is 0 Å². The van der Waals surface area contributed by atoms with Gasteiger partial charge in [-0.2, -0.15) is 0 Å². The van der Waals surface area contributed by atoms with Crippen molar-refractivity contribution in [3.8, 4) is 0 Å². The van der Waals surface area contributed by atoms with E-state index in [0.717, 1.165) is 6.42 Å². The minimum atomic E-state index is -0.143. The Labute approximate surface area is 128 Å². The van der Waals surface area contributed by atoms with Gasteiger partial charge in [-0.15, -0.1) is 0 Å². The Morgan fingerprint density at radius 3 is 2.05 bits per heavy atom. The third-order valence-corrected chi connectivity index (χ3v) is 3.12. The van der Waals surface area contributed by atoms with Crippen LogP contribution in [0.2, 0.25) is 0 Å². The molecule has 4 heteroatoms. The van der Waals surface area contributed by atoms with E-state index in [-0.39, 0.29) is 24.9 Å². The van der Waals surface area contributed by atoms with Crippen molar-refractivity contribution in [3.63, 3.8) is 0 Å². The average molecular weight is 296 g/mol. The Morgan fingerprint density at radius 1 is 0.857 bits per heavy atom. The van der Waals surface area contributed by atoms with Crippen LogP contribution in [0, 0.1) is 0 Å². The summed E-state index contributed by atoms with van der Waals surface area (Å²) in [6.07, 6.45) is 0.832. The summed E-state index contributed by atoms with van der Waals surface area (Å²) in [5.41, 5.74) is 1.28. The zero-order valence-corrected chi connectivity index (χ0v) is 13.3. The largest absolute Gasteiger partial charge is 0.394 e. The molecule has 0 bridgehead atoms. The predicted molar refractivity (Wildman–Crippen MR) is 83.5 cm³/mol. The lowest BCUT2D eigenvalue weighted by Gasteiger charge is -2.19. The molecule has 0 saturated heterocycles. The summed E-state index contributed by atoms with van der Waals surface area (Å²) in [4.78, 5) is 0. The van der Waals surface area contributed by atoms with E-state index in [1.807, 2.05) is 39.0 Å². The molecule has 0 aliphatic heterocycles. The van der Waals surface area contributed by atoms with Crippen LogP contribution in [0.4, 0.5) is 0 Å². The van der Waals surface area contributed by atoms with E-state index in [1.165, 1.54) is 5.56 Å². The smallest absolute Gasteiger partial charge is 0.0781 e. The highest BCUT2D eigenvalue weighted by Crippen LogP contribution is 2.03. The van der Waals surface area contributed by atoms with Crippen LogP contribution < -0.4 is 0 Å². The molecule has 21 heavy (non-hydrogen) atoms. The number of benzene rings is 1. The van der Waals surface area contributed by atoms with Crippen LogP contribution in [0.25, 0.3) is 0 Å². The maximum Gasteiger partial charge on any atom is 0.0781 e. The van der Waals surface area contributed by atoms with E-state index in [0.29, 0.717) is 19.8 Å². The minimum absolute atomic E-state index is 0.000765. The molecule has 0 fully saturated rings. The summed E-state index contributed by atoms with van der Waals surface area (Å²) >= 11 is 0.